The molecule has 25 heavy (non-hydrogen) atoms. The van der Waals surface area contributed by atoms with E-state index in [2.05, 4.69) is 10.6 Å². The van der Waals surface area contributed by atoms with E-state index < -0.39 is 20.7 Å². The van der Waals surface area contributed by atoms with Crippen molar-refractivity contribution < 1.29 is 18.1 Å². The van der Waals surface area contributed by atoms with Gasteiger partial charge < -0.3 is 10.6 Å². The van der Waals surface area contributed by atoms with E-state index in [1.165, 1.54) is 24.3 Å². The lowest BCUT2D eigenvalue weighted by atomic mass is 10.2. The van der Waals surface area contributed by atoms with E-state index in [-0.39, 0.29) is 22.8 Å². The van der Waals surface area contributed by atoms with Crippen LogP contribution in [-0.4, -0.2) is 32.0 Å². The molecule has 0 saturated carbocycles. The van der Waals surface area contributed by atoms with Gasteiger partial charge in [0, 0.05) is 18.0 Å². The number of hydrogen-bond donors (Lipinski definition) is 2. The third-order valence-electron chi connectivity index (χ3n) is 3.34. The van der Waals surface area contributed by atoms with Crippen molar-refractivity contribution in [2.45, 2.75) is 11.8 Å². The Morgan fingerprint density at radius 1 is 1.20 bits per heavy atom. The predicted molar refractivity (Wildman–Crippen MR) is 94.5 cm³/mol. The molecule has 0 atom stereocenters. The number of amides is 1. The summed E-state index contributed by atoms with van der Waals surface area (Å²) in [6, 6.07) is 10.5. The number of nitro groups is 1. The number of anilines is 2. The lowest BCUT2D eigenvalue weighted by Crippen LogP contribution is -2.22. The molecule has 8 nitrogen and oxygen atoms in total. The molecular weight excluding hydrogens is 346 g/mol. The molecule has 1 amide bonds. The van der Waals surface area contributed by atoms with Crippen LogP contribution in [0.2, 0.25) is 0 Å². The van der Waals surface area contributed by atoms with Crippen LogP contribution in [0.3, 0.4) is 0 Å². The molecule has 0 fully saturated rings. The molecule has 0 saturated heterocycles. The highest BCUT2D eigenvalue weighted by Crippen LogP contribution is 2.25. The summed E-state index contributed by atoms with van der Waals surface area (Å²) in [6.07, 6.45) is 1.09. The van der Waals surface area contributed by atoms with E-state index in [1.807, 2.05) is 0 Å². The highest BCUT2D eigenvalue weighted by molar-refractivity contribution is 7.90. The fourth-order valence-corrected chi connectivity index (χ4v) is 2.78. The van der Waals surface area contributed by atoms with Crippen LogP contribution in [0.1, 0.15) is 5.56 Å². The molecule has 2 N–H and O–H groups in total. The third kappa shape index (κ3) is 5.01. The van der Waals surface area contributed by atoms with Crippen molar-refractivity contribution in [2.75, 3.05) is 23.4 Å². The van der Waals surface area contributed by atoms with Crippen LogP contribution in [-0.2, 0) is 14.6 Å². The first-order chi connectivity index (χ1) is 11.7. The maximum absolute atomic E-state index is 12.0. The first-order valence-electron chi connectivity index (χ1n) is 7.26. The molecule has 9 heteroatoms. The SMILES string of the molecule is Cc1ccc(NC(=O)CNc2cccc(S(C)(=O)=O)c2)c([N+](=O)[O-])c1. The minimum Gasteiger partial charge on any atom is -0.376 e. The summed E-state index contributed by atoms with van der Waals surface area (Å²) < 4.78 is 23.0. The zero-order valence-corrected chi connectivity index (χ0v) is 14.5. The Labute approximate surface area is 144 Å². The van der Waals surface area contributed by atoms with Gasteiger partial charge in [-0.25, -0.2) is 8.42 Å². The monoisotopic (exact) mass is 363 g/mol. The number of nitrogens with one attached hydrogen (secondary N) is 2. The summed E-state index contributed by atoms with van der Waals surface area (Å²) in [5, 5.41) is 16.3. The van der Waals surface area contributed by atoms with Crippen LogP contribution < -0.4 is 10.6 Å². The normalized spacial score (nSPS) is 11.0. The van der Waals surface area contributed by atoms with Crippen molar-refractivity contribution in [3.8, 4) is 0 Å². The first-order valence-corrected chi connectivity index (χ1v) is 9.15. The van der Waals surface area contributed by atoms with Crippen LogP contribution in [0.5, 0.6) is 0 Å². The molecule has 0 aliphatic carbocycles. The van der Waals surface area contributed by atoms with Crippen LogP contribution in [0, 0.1) is 17.0 Å². The minimum atomic E-state index is -3.35. The highest BCUT2D eigenvalue weighted by atomic mass is 32.2. The largest absolute Gasteiger partial charge is 0.376 e. The van der Waals surface area contributed by atoms with E-state index in [0.29, 0.717) is 11.3 Å². The van der Waals surface area contributed by atoms with Crippen molar-refractivity contribution in [3.63, 3.8) is 0 Å². The van der Waals surface area contributed by atoms with Crippen LogP contribution in [0.25, 0.3) is 0 Å². The van der Waals surface area contributed by atoms with Crippen LogP contribution in [0.15, 0.2) is 47.4 Å². The van der Waals surface area contributed by atoms with Gasteiger partial charge in [-0.3, -0.25) is 14.9 Å². The number of hydrogen-bond acceptors (Lipinski definition) is 6. The van der Waals surface area contributed by atoms with Gasteiger partial charge in [0.1, 0.15) is 5.69 Å². The molecule has 132 valence electrons. The van der Waals surface area contributed by atoms with Crippen molar-refractivity contribution >= 4 is 32.8 Å². The summed E-state index contributed by atoms with van der Waals surface area (Å²) in [5.74, 6) is -0.489. The lowest BCUT2D eigenvalue weighted by molar-refractivity contribution is -0.384. The number of carbonyl (C=O) groups excluding carboxylic acids is 1. The van der Waals surface area contributed by atoms with Gasteiger partial charge in [-0.1, -0.05) is 12.1 Å². The van der Waals surface area contributed by atoms with Gasteiger partial charge in [-0.15, -0.1) is 0 Å². The maximum atomic E-state index is 12.0. The molecule has 2 aromatic carbocycles. The van der Waals surface area contributed by atoms with E-state index in [9.17, 15) is 23.3 Å². The van der Waals surface area contributed by atoms with Gasteiger partial charge in [-0.2, -0.15) is 0 Å². The second kappa shape index (κ2) is 7.31. The Hall–Kier alpha value is -2.94. The van der Waals surface area contributed by atoms with Crippen molar-refractivity contribution in [2.24, 2.45) is 0 Å². The molecule has 0 aliphatic rings. The van der Waals surface area contributed by atoms with Crippen molar-refractivity contribution in [1.29, 1.82) is 0 Å². The molecule has 2 rings (SSSR count). The lowest BCUT2D eigenvalue weighted by Gasteiger charge is -2.09. The first kappa shape index (κ1) is 18.4. The minimum absolute atomic E-state index is 0.104. The van der Waals surface area contributed by atoms with Crippen molar-refractivity contribution in [3.05, 3.63) is 58.1 Å². The van der Waals surface area contributed by atoms with Gasteiger partial charge in [0.25, 0.3) is 5.69 Å². The Morgan fingerprint density at radius 3 is 2.56 bits per heavy atom. The summed E-state index contributed by atoms with van der Waals surface area (Å²) in [7, 11) is -3.35. The number of carbonyl (C=O) groups is 1. The predicted octanol–water partition coefficient (Wildman–Crippen LogP) is 2.36. The topological polar surface area (TPSA) is 118 Å². The van der Waals surface area contributed by atoms with Gasteiger partial charge in [0.15, 0.2) is 9.84 Å². The number of aryl methyl sites for hydroxylation is 1. The van der Waals surface area contributed by atoms with Crippen LogP contribution in [0.4, 0.5) is 17.1 Å². The van der Waals surface area contributed by atoms with E-state index in [4.69, 9.17) is 0 Å². The number of nitrogens with zero attached hydrogens (tertiary/aromatic N) is 1. The second-order valence-electron chi connectivity index (χ2n) is 5.48. The highest BCUT2D eigenvalue weighted by Gasteiger charge is 2.16. The molecule has 0 radical (unpaired) electrons. The smallest absolute Gasteiger partial charge is 0.293 e. The van der Waals surface area contributed by atoms with Crippen molar-refractivity contribution in [1.82, 2.24) is 0 Å². The molecule has 0 spiro atoms. The molecule has 2 aromatic rings. The molecular formula is C16H17N3O5S. The number of rotatable bonds is 6. The number of sulfone groups is 1. The Balaban J connectivity index is 2.06. The molecule has 0 bridgehead atoms. The van der Waals surface area contributed by atoms with E-state index >= 15 is 0 Å². The average Bonchev–Trinajstić information content (AvgIpc) is 2.54. The van der Waals surface area contributed by atoms with Gasteiger partial charge in [0.05, 0.1) is 16.4 Å². The molecule has 0 unspecified atom stereocenters. The molecule has 0 heterocycles. The number of nitro benzene ring substituents is 1. The molecule has 0 aliphatic heterocycles. The second-order valence-corrected chi connectivity index (χ2v) is 7.50. The van der Waals surface area contributed by atoms with Gasteiger partial charge in [-0.05, 0) is 36.8 Å². The van der Waals surface area contributed by atoms with Gasteiger partial charge >= 0.3 is 0 Å². The Bertz CT molecular complexity index is 925. The summed E-state index contributed by atoms with van der Waals surface area (Å²) in [5.41, 5.74) is 1.08. The quantitative estimate of drug-likeness (QED) is 0.601. The maximum Gasteiger partial charge on any atom is 0.293 e. The number of benzene rings is 2. The fraction of sp³-hybridized carbons (Fsp3) is 0.188. The summed E-state index contributed by atoms with van der Waals surface area (Å²) in [4.78, 5) is 22.6. The standard InChI is InChI=1S/C16H17N3O5S/c1-11-6-7-14(15(8-11)19(21)22)18-16(20)10-17-12-4-3-5-13(9-12)25(2,23)24/h3-9,17H,10H2,1-2H3,(H,18,20). The third-order valence-corrected chi connectivity index (χ3v) is 4.45. The zero-order valence-electron chi connectivity index (χ0n) is 13.6. The van der Waals surface area contributed by atoms with Crippen LogP contribution >= 0.6 is 0 Å². The summed E-state index contributed by atoms with van der Waals surface area (Å²) >= 11 is 0. The molecule has 0 aromatic heterocycles. The van der Waals surface area contributed by atoms with E-state index in [1.54, 1.807) is 25.1 Å². The Kier molecular flexibility index (Phi) is 5.38. The summed E-state index contributed by atoms with van der Waals surface area (Å²) in [6.45, 7) is 1.55. The average molecular weight is 363 g/mol. The Morgan fingerprint density at radius 2 is 1.92 bits per heavy atom. The van der Waals surface area contributed by atoms with Gasteiger partial charge in [0.2, 0.25) is 5.91 Å². The fourth-order valence-electron chi connectivity index (χ4n) is 2.11. The zero-order chi connectivity index (χ0) is 18.6. The van der Waals surface area contributed by atoms with E-state index in [0.717, 1.165) is 6.26 Å².